The monoisotopic (exact) mass is 479 g/mol. The number of sulfone groups is 1. The third-order valence-corrected chi connectivity index (χ3v) is 7.39. The number of pyridine rings is 1. The van der Waals surface area contributed by atoms with Crippen molar-refractivity contribution in [2.24, 2.45) is 5.73 Å². The summed E-state index contributed by atoms with van der Waals surface area (Å²) in [5.41, 5.74) is 8.72. The quantitative estimate of drug-likeness (QED) is 0.486. The molecule has 4 rings (SSSR count). The van der Waals surface area contributed by atoms with E-state index in [-0.39, 0.29) is 32.8 Å². The number of fused-ring (bicyclic) bond motifs is 1. The van der Waals surface area contributed by atoms with Crippen LogP contribution < -0.4 is 11.1 Å². The standard InChI is InChI=1S/C22H23Cl2N3O3S/c1-31(29,30)20-11-26-19-7-2-12(13-9-17(23)22(28)18(24)10-13)8-16(19)21(20)27-15-5-3-14(25)4-6-15/h2,7-11,14-15,28H,3-6,25H2,1H3,(H,26,27)/t14-,15-. The maximum Gasteiger partial charge on any atom is 0.179 e. The molecule has 1 fully saturated rings. The number of anilines is 1. The number of nitrogens with one attached hydrogen (secondary N) is 1. The molecule has 0 spiro atoms. The zero-order valence-electron chi connectivity index (χ0n) is 16.9. The lowest BCUT2D eigenvalue weighted by Gasteiger charge is -2.28. The molecule has 164 valence electrons. The first kappa shape index (κ1) is 22.1. The highest BCUT2D eigenvalue weighted by molar-refractivity contribution is 7.90. The van der Waals surface area contributed by atoms with Crippen molar-refractivity contribution < 1.29 is 13.5 Å². The molecular formula is C22H23Cl2N3O3S. The molecule has 31 heavy (non-hydrogen) atoms. The van der Waals surface area contributed by atoms with Crippen LogP contribution in [0.4, 0.5) is 5.69 Å². The summed E-state index contributed by atoms with van der Waals surface area (Å²) in [6.07, 6.45) is 6.12. The molecule has 1 heterocycles. The average Bonchev–Trinajstić information content (AvgIpc) is 2.72. The van der Waals surface area contributed by atoms with Crippen LogP contribution in [0.15, 0.2) is 41.4 Å². The van der Waals surface area contributed by atoms with Crippen LogP contribution in [0.25, 0.3) is 22.0 Å². The van der Waals surface area contributed by atoms with Gasteiger partial charge in [-0.1, -0.05) is 29.3 Å². The summed E-state index contributed by atoms with van der Waals surface area (Å²) in [4.78, 5) is 4.53. The number of rotatable bonds is 4. The first-order valence-electron chi connectivity index (χ1n) is 9.97. The molecule has 0 amide bonds. The van der Waals surface area contributed by atoms with Crippen molar-refractivity contribution in [1.29, 1.82) is 0 Å². The van der Waals surface area contributed by atoms with Gasteiger partial charge in [-0.25, -0.2) is 8.42 Å². The van der Waals surface area contributed by atoms with Gasteiger partial charge >= 0.3 is 0 Å². The Morgan fingerprint density at radius 2 is 1.71 bits per heavy atom. The van der Waals surface area contributed by atoms with Crippen molar-refractivity contribution in [3.63, 3.8) is 0 Å². The maximum atomic E-state index is 12.5. The number of aromatic nitrogens is 1. The minimum absolute atomic E-state index is 0.132. The fraction of sp³-hybridized carbons (Fsp3) is 0.318. The Balaban J connectivity index is 1.87. The fourth-order valence-electron chi connectivity index (χ4n) is 3.98. The van der Waals surface area contributed by atoms with Gasteiger partial charge in [-0.05, 0) is 61.1 Å². The smallest absolute Gasteiger partial charge is 0.179 e. The SMILES string of the molecule is CS(=O)(=O)c1cnc2ccc(-c3cc(Cl)c(O)c(Cl)c3)cc2c1N[C@H]1CC[C@H](N)CC1. The Kier molecular flexibility index (Phi) is 6.05. The molecular weight excluding hydrogens is 457 g/mol. The Morgan fingerprint density at radius 1 is 1.06 bits per heavy atom. The molecule has 1 saturated carbocycles. The van der Waals surface area contributed by atoms with E-state index in [4.69, 9.17) is 28.9 Å². The lowest BCUT2D eigenvalue weighted by molar-refractivity contribution is 0.411. The number of benzene rings is 2. The molecule has 0 aliphatic heterocycles. The highest BCUT2D eigenvalue weighted by atomic mass is 35.5. The molecule has 0 unspecified atom stereocenters. The Bertz CT molecular complexity index is 1230. The summed E-state index contributed by atoms with van der Waals surface area (Å²) in [5, 5.41) is 14.3. The molecule has 0 bridgehead atoms. The van der Waals surface area contributed by atoms with Crippen LogP contribution in [0, 0.1) is 0 Å². The topological polar surface area (TPSA) is 105 Å². The highest BCUT2D eigenvalue weighted by Crippen LogP contribution is 2.39. The number of halogens is 2. The van der Waals surface area contributed by atoms with Crippen molar-refractivity contribution in [2.45, 2.75) is 42.7 Å². The lowest BCUT2D eigenvalue weighted by Crippen LogP contribution is -2.33. The van der Waals surface area contributed by atoms with Gasteiger partial charge in [-0.15, -0.1) is 0 Å². The van der Waals surface area contributed by atoms with E-state index in [1.807, 2.05) is 18.2 Å². The Morgan fingerprint density at radius 3 is 2.32 bits per heavy atom. The van der Waals surface area contributed by atoms with E-state index < -0.39 is 9.84 Å². The third-order valence-electron chi connectivity index (χ3n) is 5.70. The third kappa shape index (κ3) is 4.60. The van der Waals surface area contributed by atoms with E-state index in [1.54, 1.807) is 12.1 Å². The largest absolute Gasteiger partial charge is 0.505 e. The zero-order chi connectivity index (χ0) is 22.3. The van der Waals surface area contributed by atoms with Crippen molar-refractivity contribution in [2.75, 3.05) is 11.6 Å². The number of phenols is 1. The maximum absolute atomic E-state index is 12.5. The molecule has 1 aliphatic carbocycles. The van der Waals surface area contributed by atoms with Crippen LogP contribution in [0.3, 0.4) is 0 Å². The lowest BCUT2D eigenvalue weighted by atomic mass is 9.91. The van der Waals surface area contributed by atoms with Crippen molar-refractivity contribution in [3.05, 3.63) is 46.6 Å². The molecule has 0 radical (unpaired) electrons. The predicted octanol–water partition coefficient (Wildman–Crippen LogP) is 5.00. The van der Waals surface area contributed by atoms with Gasteiger partial charge in [0.1, 0.15) is 4.90 Å². The summed E-state index contributed by atoms with van der Waals surface area (Å²) >= 11 is 12.2. The molecule has 3 aromatic rings. The number of hydrogen-bond acceptors (Lipinski definition) is 6. The molecule has 0 saturated heterocycles. The Labute approximate surface area is 191 Å². The molecule has 0 atom stereocenters. The highest BCUT2D eigenvalue weighted by Gasteiger charge is 2.23. The average molecular weight is 480 g/mol. The summed E-state index contributed by atoms with van der Waals surface area (Å²) in [6.45, 7) is 0. The van der Waals surface area contributed by atoms with E-state index in [0.717, 1.165) is 31.2 Å². The van der Waals surface area contributed by atoms with Gasteiger partial charge in [0.2, 0.25) is 0 Å². The fourth-order valence-corrected chi connectivity index (χ4v) is 5.25. The van der Waals surface area contributed by atoms with Crippen LogP contribution in [0.1, 0.15) is 25.7 Å². The van der Waals surface area contributed by atoms with Gasteiger partial charge in [0, 0.05) is 29.9 Å². The van der Waals surface area contributed by atoms with E-state index in [1.165, 1.54) is 12.5 Å². The van der Waals surface area contributed by atoms with Crippen molar-refractivity contribution in [3.8, 4) is 16.9 Å². The van der Waals surface area contributed by atoms with Crippen LogP contribution >= 0.6 is 23.2 Å². The number of nitrogens with zero attached hydrogens (tertiary/aromatic N) is 1. The van der Waals surface area contributed by atoms with Crippen molar-refractivity contribution >= 4 is 49.6 Å². The summed E-state index contributed by atoms with van der Waals surface area (Å²) in [6, 6.07) is 9.11. The van der Waals surface area contributed by atoms with Gasteiger partial charge in [0.05, 0.1) is 21.2 Å². The number of hydrogen-bond donors (Lipinski definition) is 3. The van der Waals surface area contributed by atoms with Gasteiger partial charge in [0.25, 0.3) is 0 Å². The molecule has 1 aliphatic rings. The molecule has 1 aromatic heterocycles. The van der Waals surface area contributed by atoms with Gasteiger partial charge in [-0.2, -0.15) is 0 Å². The number of phenolic OH excluding ortho intramolecular Hbond substituents is 1. The summed E-state index contributed by atoms with van der Waals surface area (Å²) in [5.74, 6) is -0.174. The second-order valence-electron chi connectivity index (χ2n) is 8.05. The van der Waals surface area contributed by atoms with E-state index in [2.05, 4.69) is 10.3 Å². The van der Waals surface area contributed by atoms with Gasteiger partial charge < -0.3 is 16.2 Å². The first-order chi connectivity index (χ1) is 14.6. The van der Waals surface area contributed by atoms with Gasteiger partial charge in [-0.3, -0.25) is 4.98 Å². The van der Waals surface area contributed by atoms with Crippen LogP contribution in [0.2, 0.25) is 10.0 Å². The summed E-state index contributed by atoms with van der Waals surface area (Å²) < 4.78 is 25.0. The Hall–Kier alpha value is -2.06. The van der Waals surface area contributed by atoms with Crippen LogP contribution in [-0.2, 0) is 9.84 Å². The van der Waals surface area contributed by atoms with E-state index >= 15 is 0 Å². The second-order valence-corrected chi connectivity index (χ2v) is 10.8. The number of nitrogens with two attached hydrogens (primary N) is 1. The van der Waals surface area contributed by atoms with E-state index in [9.17, 15) is 13.5 Å². The van der Waals surface area contributed by atoms with Crippen LogP contribution in [-0.4, -0.2) is 36.8 Å². The second kappa shape index (κ2) is 8.47. The molecule has 9 heteroatoms. The number of aromatic hydroxyl groups is 1. The van der Waals surface area contributed by atoms with Crippen LogP contribution in [0.5, 0.6) is 5.75 Å². The predicted molar refractivity (Wildman–Crippen MR) is 126 cm³/mol. The zero-order valence-corrected chi connectivity index (χ0v) is 19.2. The molecule has 2 aromatic carbocycles. The molecule has 4 N–H and O–H groups in total. The minimum atomic E-state index is -3.51. The minimum Gasteiger partial charge on any atom is -0.505 e. The normalized spacial score (nSPS) is 19.5. The van der Waals surface area contributed by atoms with Crippen molar-refractivity contribution in [1.82, 2.24) is 4.98 Å². The van der Waals surface area contributed by atoms with Gasteiger partial charge in [0.15, 0.2) is 15.6 Å². The summed E-state index contributed by atoms with van der Waals surface area (Å²) in [7, 11) is -3.51. The van der Waals surface area contributed by atoms with E-state index in [0.29, 0.717) is 22.2 Å². The molecule has 6 nitrogen and oxygen atoms in total. The first-order valence-corrected chi connectivity index (χ1v) is 12.6.